The number of nitrogens with zero attached hydrogens (tertiary/aromatic N) is 1. The number of fused-ring (bicyclic) bond motifs is 3. The first-order valence-electron chi connectivity index (χ1n) is 4.98. The normalized spacial score (nSPS) is 17.2. The van der Waals surface area contributed by atoms with Crippen molar-refractivity contribution in [2.24, 2.45) is 4.99 Å². The topological polar surface area (TPSA) is 21.6 Å². The molecule has 0 amide bonds. The molecule has 1 aliphatic heterocycles. The van der Waals surface area contributed by atoms with Crippen LogP contribution in [0.25, 0.3) is 10.8 Å². The first-order chi connectivity index (χ1) is 7.40. The minimum absolute atomic E-state index is 0. The number of benzene rings is 2. The first-order valence-corrected chi connectivity index (χ1v) is 4.98. The van der Waals surface area contributed by atoms with Crippen LogP contribution in [-0.4, -0.2) is 13.3 Å². The fourth-order valence-electron chi connectivity index (χ4n) is 2.10. The summed E-state index contributed by atoms with van der Waals surface area (Å²) in [6, 6.07) is 12.5. The van der Waals surface area contributed by atoms with Crippen LogP contribution in [0, 0.1) is 0 Å². The second-order valence-corrected chi connectivity index (χ2v) is 3.66. The number of halogens is 1. The van der Waals surface area contributed by atoms with E-state index in [1.165, 1.54) is 21.9 Å². The molecule has 0 bridgehead atoms. The summed E-state index contributed by atoms with van der Waals surface area (Å²) in [7, 11) is 1.69. The standard InChI is InChI=1S/C13H11NO.ClH/c1-15-13-12-10(8-14-13)7-6-9-4-2-3-5-11(9)12;/h2-8,13H,1H3;1H. The molecule has 0 N–H and O–H groups in total. The van der Waals surface area contributed by atoms with E-state index in [0.29, 0.717) is 0 Å². The Hall–Kier alpha value is -1.38. The van der Waals surface area contributed by atoms with E-state index >= 15 is 0 Å². The molecule has 2 aromatic carbocycles. The fourth-order valence-corrected chi connectivity index (χ4v) is 2.10. The molecule has 0 spiro atoms. The maximum absolute atomic E-state index is 5.35. The fraction of sp³-hybridized carbons (Fsp3) is 0.154. The Labute approximate surface area is 100 Å². The molecule has 0 aliphatic carbocycles. The van der Waals surface area contributed by atoms with Gasteiger partial charge in [-0.3, -0.25) is 4.99 Å². The Balaban J connectivity index is 0.000000963. The van der Waals surface area contributed by atoms with Crippen LogP contribution in [-0.2, 0) is 4.74 Å². The summed E-state index contributed by atoms with van der Waals surface area (Å²) in [5.41, 5.74) is 2.36. The summed E-state index contributed by atoms with van der Waals surface area (Å²) in [5, 5.41) is 2.48. The third-order valence-corrected chi connectivity index (χ3v) is 2.82. The van der Waals surface area contributed by atoms with Crippen molar-refractivity contribution < 1.29 is 4.74 Å². The van der Waals surface area contributed by atoms with E-state index in [4.69, 9.17) is 4.74 Å². The lowest BCUT2D eigenvalue weighted by Gasteiger charge is -2.10. The van der Waals surface area contributed by atoms with Crippen LogP contribution in [0.1, 0.15) is 17.4 Å². The quantitative estimate of drug-likeness (QED) is 0.740. The molecule has 0 fully saturated rings. The SMILES string of the molecule is COC1N=Cc2ccc3ccccc3c21.Cl. The monoisotopic (exact) mass is 233 g/mol. The second kappa shape index (κ2) is 4.24. The summed E-state index contributed by atoms with van der Waals surface area (Å²) in [4.78, 5) is 4.33. The molecule has 2 aromatic rings. The number of hydrogen-bond acceptors (Lipinski definition) is 2. The molecule has 0 aromatic heterocycles. The Morgan fingerprint density at radius 1 is 1.12 bits per heavy atom. The highest BCUT2D eigenvalue weighted by molar-refractivity contribution is 5.97. The summed E-state index contributed by atoms with van der Waals surface area (Å²) >= 11 is 0. The Morgan fingerprint density at radius 3 is 2.75 bits per heavy atom. The smallest absolute Gasteiger partial charge is 0.174 e. The molecule has 3 heteroatoms. The molecule has 1 aliphatic rings. The number of rotatable bonds is 1. The predicted molar refractivity (Wildman–Crippen MR) is 68.5 cm³/mol. The highest BCUT2D eigenvalue weighted by Gasteiger charge is 2.20. The zero-order chi connectivity index (χ0) is 10.3. The van der Waals surface area contributed by atoms with Crippen molar-refractivity contribution in [1.29, 1.82) is 0 Å². The maximum Gasteiger partial charge on any atom is 0.174 e. The van der Waals surface area contributed by atoms with Crippen LogP contribution in [0.2, 0.25) is 0 Å². The molecule has 82 valence electrons. The summed E-state index contributed by atoms with van der Waals surface area (Å²) in [6.07, 6.45) is 1.75. The van der Waals surface area contributed by atoms with Gasteiger partial charge in [-0.1, -0.05) is 36.4 Å². The highest BCUT2D eigenvalue weighted by Crippen LogP contribution is 2.33. The molecule has 0 saturated heterocycles. The molecule has 0 saturated carbocycles. The van der Waals surface area contributed by atoms with Gasteiger partial charge in [0.15, 0.2) is 6.23 Å². The van der Waals surface area contributed by atoms with Crippen LogP contribution >= 0.6 is 12.4 Å². The average molecular weight is 234 g/mol. The van der Waals surface area contributed by atoms with Crippen molar-refractivity contribution in [1.82, 2.24) is 0 Å². The van der Waals surface area contributed by atoms with Crippen LogP contribution in [0.3, 0.4) is 0 Å². The van der Waals surface area contributed by atoms with Gasteiger partial charge in [0.2, 0.25) is 0 Å². The van der Waals surface area contributed by atoms with Gasteiger partial charge in [-0.05, 0) is 10.8 Å². The second-order valence-electron chi connectivity index (χ2n) is 3.66. The van der Waals surface area contributed by atoms with E-state index in [2.05, 4.69) is 29.3 Å². The lowest BCUT2D eigenvalue weighted by Crippen LogP contribution is -1.96. The van der Waals surface area contributed by atoms with Crippen molar-refractivity contribution in [2.75, 3.05) is 7.11 Å². The third kappa shape index (κ3) is 1.51. The molecule has 1 unspecified atom stereocenters. The number of ether oxygens (including phenoxy) is 1. The van der Waals surface area contributed by atoms with Crippen LogP contribution in [0.5, 0.6) is 0 Å². The van der Waals surface area contributed by atoms with Gasteiger partial charge in [0.25, 0.3) is 0 Å². The lowest BCUT2D eigenvalue weighted by molar-refractivity contribution is 0.115. The molecule has 16 heavy (non-hydrogen) atoms. The molecule has 0 radical (unpaired) electrons. The van der Waals surface area contributed by atoms with Crippen molar-refractivity contribution in [2.45, 2.75) is 6.23 Å². The minimum atomic E-state index is -0.133. The van der Waals surface area contributed by atoms with Gasteiger partial charge in [-0.25, -0.2) is 0 Å². The van der Waals surface area contributed by atoms with Crippen molar-refractivity contribution in [3.8, 4) is 0 Å². The number of hydrogen-bond donors (Lipinski definition) is 0. The van der Waals surface area contributed by atoms with Crippen LogP contribution < -0.4 is 0 Å². The molecular weight excluding hydrogens is 222 g/mol. The van der Waals surface area contributed by atoms with Gasteiger partial charge < -0.3 is 4.74 Å². The predicted octanol–water partition coefficient (Wildman–Crippen LogP) is 3.34. The van der Waals surface area contributed by atoms with Gasteiger partial charge in [0.05, 0.1) is 0 Å². The van der Waals surface area contributed by atoms with Gasteiger partial charge in [-0.2, -0.15) is 0 Å². The zero-order valence-corrected chi connectivity index (χ0v) is 9.70. The van der Waals surface area contributed by atoms with E-state index in [0.717, 1.165) is 0 Å². The van der Waals surface area contributed by atoms with Gasteiger partial charge in [-0.15, -0.1) is 12.4 Å². The molecule has 2 nitrogen and oxygen atoms in total. The molecule has 1 atom stereocenters. The summed E-state index contributed by atoms with van der Waals surface area (Å²) < 4.78 is 5.35. The third-order valence-electron chi connectivity index (χ3n) is 2.82. The van der Waals surface area contributed by atoms with E-state index in [-0.39, 0.29) is 18.6 Å². The van der Waals surface area contributed by atoms with E-state index in [9.17, 15) is 0 Å². The van der Waals surface area contributed by atoms with Crippen LogP contribution in [0.15, 0.2) is 41.4 Å². The maximum atomic E-state index is 5.35. The van der Waals surface area contributed by atoms with Crippen molar-refractivity contribution in [3.05, 3.63) is 47.5 Å². The molecule has 3 rings (SSSR count). The Bertz CT molecular complexity index is 551. The van der Waals surface area contributed by atoms with Crippen LogP contribution in [0.4, 0.5) is 0 Å². The van der Waals surface area contributed by atoms with E-state index in [1.54, 1.807) is 7.11 Å². The summed E-state index contributed by atoms with van der Waals surface area (Å²) in [5.74, 6) is 0. The number of aliphatic imine (C=N–C) groups is 1. The zero-order valence-electron chi connectivity index (χ0n) is 8.88. The molecule has 1 heterocycles. The largest absolute Gasteiger partial charge is 0.355 e. The van der Waals surface area contributed by atoms with E-state index < -0.39 is 0 Å². The van der Waals surface area contributed by atoms with Crippen molar-refractivity contribution >= 4 is 29.4 Å². The Morgan fingerprint density at radius 2 is 1.94 bits per heavy atom. The number of methoxy groups -OCH3 is 1. The highest BCUT2D eigenvalue weighted by atomic mass is 35.5. The van der Waals surface area contributed by atoms with Gasteiger partial charge in [0, 0.05) is 24.5 Å². The van der Waals surface area contributed by atoms with Gasteiger partial charge in [0.1, 0.15) is 0 Å². The van der Waals surface area contributed by atoms with Crippen molar-refractivity contribution in [3.63, 3.8) is 0 Å². The first kappa shape index (κ1) is 11.1. The lowest BCUT2D eigenvalue weighted by atomic mass is 10.00. The average Bonchev–Trinajstić information content (AvgIpc) is 2.72. The van der Waals surface area contributed by atoms with E-state index in [1.807, 2.05) is 18.3 Å². The van der Waals surface area contributed by atoms with Gasteiger partial charge >= 0.3 is 0 Å². The Kier molecular flexibility index (Phi) is 2.95. The minimum Gasteiger partial charge on any atom is -0.355 e. The molecular formula is C13H12ClNO. The summed E-state index contributed by atoms with van der Waals surface area (Å²) in [6.45, 7) is 0.